The Balaban J connectivity index is 0. The normalized spacial score (nSPS) is 8.68. The first kappa shape index (κ1) is 20.0. The van der Waals surface area contributed by atoms with Crippen LogP contribution in [0, 0.1) is 10.1 Å². The molecule has 1 rings (SSSR count). The SMILES string of the molecule is CC(=O)CC(=O)NCc1ccccc1[N+](=O)[O-].[Na+].[OH-]. The molecule has 0 saturated carbocycles. The number of para-hydroxylation sites is 1. The average molecular weight is 276 g/mol. The molecule has 0 aliphatic heterocycles. The van der Waals surface area contributed by atoms with Crippen LogP contribution in [0.4, 0.5) is 5.69 Å². The number of rotatable bonds is 5. The molecular formula is C11H13N2NaO5. The number of carbonyl (C=O) groups excluding carboxylic acids is 2. The zero-order valence-corrected chi connectivity index (χ0v) is 12.8. The Hall–Kier alpha value is -1.28. The molecule has 2 N–H and O–H groups in total. The third kappa shape index (κ3) is 7.02. The molecule has 0 aliphatic carbocycles. The summed E-state index contributed by atoms with van der Waals surface area (Å²) in [7, 11) is 0. The minimum Gasteiger partial charge on any atom is -0.870 e. The zero-order chi connectivity index (χ0) is 12.8. The summed E-state index contributed by atoms with van der Waals surface area (Å²) in [6.45, 7) is 1.35. The van der Waals surface area contributed by atoms with Gasteiger partial charge in [-0.15, -0.1) is 0 Å². The summed E-state index contributed by atoms with van der Waals surface area (Å²) < 4.78 is 0. The van der Waals surface area contributed by atoms with Gasteiger partial charge < -0.3 is 10.8 Å². The number of nitro groups is 1. The number of nitro benzene ring substituents is 1. The van der Waals surface area contributed by atoms with Gasteiger partial charge in [0, 0.05) is 18.2 Å². The van der Waals surface area contributed by atoms with E-state index in [1.165, 1.54) is 13.0 Å². The smallest absolute Gasteiger partial charge is 0.870 e. The third-order valence-electron chi connectivity index (χ3n) is 2.07. The van der Waals surface area contributed by atoms with Gasteiger partial charge in [0.05, 0.1) is 11.3 Å². The molecule has 0 spiro atoms. The Morgan fingerprint density at radius 2 is 1.89 bits per heavy atom. The van der Waals surface area contributed by atoms with Crippen molar-refractivity contribution in [2.45, 2.75) is 19.9 Å². The molecule has 0 unspecified atom stereocenters. The second kappa shape index (κ2) is 9.62. The number of nitrogens with one attached hydrogen (secondary N) is 1. The molecule has 0 fully saturated rings. The largest absolute Gasteiger partial charge is 1.00 e. The van der Waals surface area contributed by atoms with E-state index in [1.807, 2.05) is 0 Å². The molecule has 8 heteroatoms. The molecular weight excluding hydrogens is 263 g/mol. The van der Waals surface area contributed by atoms with E-state index in [4.69, 9.17) is 0 Å². The number of nitrogens with zero attached hydrogens (tertiary/aromatic N) is 1. The molecule has 0 atom stereocenters. The van der Waals surface area contributed by atoms with Crippen molar-refractivity contribution >= 4 is 17.4 Å². The molecule has 0 saturated heterocycles. The van der Waals surface area contributed by atoms with Crippen molar-refractivity contribution in [3.05, 3.63) is 39.9 Å². The van der Waals surface area contributed by atoms with Crippen molar-refractivity contribution in [1.82, 2.24) is 5.32 Å². The maximum Gasteiger partial charge on any atom is 1.00 e. The van der Waals surface area contributed by atoms with Gasteiger partial charge in [0.15, 0.2) is 0 Å². The molecule has 98 valence electrons. The zero-order valence-electron chi connectivity index (χ0n) is 10.8. The number of hydrogen-bond donors (Lipinski definition) is 1. The minimum absolute atomic E-state index is 0. The van der Waals surface area contributed by atoms with E-state index in [2.05, 4.69) is 5.32 Å². The number of hydrogen-bond acceptors (Lipinski definition) is 5. The van der Waals surface area contributed by atoms with Gasteiger partial charge in [-0.1, -0.05) is 18.2 Å². The summed E-state index contributed by atoms with van der Waals surface area (Å²) in [5.74, 6) is -0.680. The van der Waals surface area contributed by atoms with Gasteiger partial charge in [-0.2, -0.15) is 0 Å². The Labute approximate surface area is 132 Å². The minimum atomic E-state index is -0.507. The van der Waals surface area contributed by atoms with Gasteiger partial charge in [-0.3, -0.25) is 19.7 Å². The number of ketones is 1. The van der Waals surface area contributed by atoms with Crippen LogP contribution in [0.3, 0.4) is 0 Å². The van der Waals surface area contributed by atoms with Crippen LogP contribution in [0.2, 0.25) is 0 Å². The Bertz CT molecular complexity index is 464. The fraction of sp³-hybridized carbons (Fsp3) is 0.273. The second-order valence-corrected chi connectivity index (χ2v) is 3.54. The summed E-state index contributed by atoms with van der Waals surface area (Å²) >= 11 is 0. The molecule has 19 heavy (non-hydrogen) atoms. The fourth-order valence-corrected chi connectivity index (χ4v) is 1.32. The molecule has 1 aromatic rings. The first-order valence-electron chi connectivity index (χ1n) is 4.99. The van der Waals surface area contributed by atoms with Gasteiger partial charge >= 0.3 is 29.6 Å². The molecule has 0 bridgehead atoms. The topological polar surface area (TPSA) is 119 Å². The quantitative estimate of drug-likeness (QED) is 0.289. The van der Waals surface area contributed by atoms with Crippen LogP contribution in [-0.4, -0.2) is 22.1 Å². The fourth-order valence-electron chi connectivity index (χ4n) is 1.32. The third-order valence-corrected chi connectivity index (χ3v) is 2.07. The van der Waals surface area contributed by atoms with Gasteiger partial charge in [-0.25, -0.2) is 0 Å². The molecule has 0 aliphatic rings. The average Bonchev–Trinajstić information content (AvgIpc) is 2.25. The number of Topliss-reactive ketones (excluding diaryl/α,β-unsaturated/α-hetero) is 1. The van der Waals surface area contributed by atoms with E-state index in [0.29, 0.717) is 5.56 Å². The standard InChI is InChI=1S/C11H12N2O4.Na.H2O/c1-8(14)6-11(15)12-7-9-4-2-3-5-10(9)13(16)17;;/h2-5H,6-7H2,1H3,(H,12,15);;1H2/q;+1;/p-1. The number of carbonyl (C=O) groups is 2. The Kier molecular flexibility index (Phi) is 10.2. The van der Waals surface area contributed by atoms with Crippen molar-refractivity contribution < 1.29 is 49.5 Å². The predicted molar refractivity (Wildman–Crippen MR) is 62.2 cm³/mol. The monoisotopic (exact) mass is 276 g/mol. The van der Waals surface area contributed by atoms with E-state index in [1.54, 1.807) is 18.2 Å². The summed E-state index contributed by atoms with van der Waals surface area (Å²) in [6, 6.07) is 6.14. The first-order valence-corrected chi connectivity index (χ1v) is 4.99. The van der Waals surface area contributed by atoms with Crippen LogP contribution in [0.5, 0.6) is 0 Å². The van der Waals surface area contributed by atoms with Crippen LogP contribution in [-0.2, 0) is 16.1 Å². The molecule has 1 aromatic carbocycles. The van der Waals surface area contributed by atoms with Crippen LogP contribution in [0.15, 0.2) is 24.3 Å². The molecule has 0 radical (unpaired) electrons. The van der Waals surface area contributed by atoms with E-state index in [9.17, 15) is 19.7 Å². The first-order chi connectivity index (χ1) is 8.00. The number of amides is 1. The van der Waals surface area contributed by atoms with Crippen molar-refractivity contribution in [3.63, 3.8) is 0 Å². The summed E-state index contributed by atoms with van der Waals surface area (Å²) in [5, 5.41) is 13.1. The molecule has 1 amide bonds. The van der Waals surface area contributed by atoms with Crippen LogP contribution >= 0.6 is 0 Å². The van der Waals surface area contributed by atoms with Gasteiger partial charge in [0.25, 0.3) is 5.69 Å². The van der Waals surface area contributed by atoms with Crippen molar-refractivity contribution in [3.8, 4) is 0 Å². The second-order valence-electron chi connectivity index (χ2n) is 3.54. The Morgan fingerprint density at radius 3 is 2.42 bits per heavy atom. The Morgan fingerprint density at radius 1 is 1.32 bits per heavy atom. The van der Waals surface area contributed by atoms with E-state index < -0.39 is 10.8 Å². The summed E-state index contributed by atoms with van der Waals surface area (Å²) in [6.07, 6.45) is -0.208. The van der Waals surface area contributed by atoms with Crippen LogP contribution in [0.1, 0.15) is 18.9 Å². The maximum atomic E-state index is 11.2. The van der Waals surface area contributed by atoms with Crippen molar-refractivity contribution in [2.75, 3.05) is 0 Å². The predicted octanol–water partition coefficient (Wildman–Crippen LogP) is -1.98. The maximum absolute atomic E-state index is 11.2. The van der Waals surface area contributed by atoms with Crippen molar-refractivity contribution in [1.29, 1.82) is 0 Å². The van der Waals surface area contributed by atoms with Crippen molar-refractivity contribution in [2.24, 2.45) is 0 Å². The van der Waals surface area contributed by atoms with Crippen LogP contribution < -0.4 is 34.9 Å². The molecule has 0 aromatic heterocycles. The summed E-state index contributed by atoms with van der Waals surface area (Å²) in [4.78, 5) is 32.1. The van der Waals surface area contributed by atoms with Gasteiger partial charge in [0.2, 0.25) is 5.91 Å². The summed E-state index contributed by atoms with van der Waals surface area (Å²) in [5.41, 5.74) is 0.366. The van der Waals surface area contributed by atoms with Gasteiger partial charge in [-0.05, 0) is 6.92 Å². The van der Waals surface area contributed by atoms with E-state index in [-0.39, 0.29) is 59.5 Å². The van der Waals surface area contributed by atoms with Gasteiger partial charge in [0.1, 0.15) is 5.78 Å². The van der Waals surface area contributed by atoms with Crippen LogP contribution in [0.25, 0.3) is 0 Å². The van der Waals surface area contributed by atoms with E-state index in [0.717, 1.165) is 0 Å². The molecule has 0 heterocycles. The molecule has 7 nitrogen and oxygen atoms in total. The van der Waals surface area contributed by atoms with E-state index >= 15 is 0 Å². The number of benzene rings is 1.